The summed E-state index contributed by atoms with van der Waals surface area (Å²) in [5.74, 6) is -0.695. The van der Waals surface area contributed by atoms with E-state index in [1.54, 1.807) is 0 Å². The lowest BCUT2D eigenvalue weighted by atomic mass is 10.2. The van der Waals surface area contributed by atoms with Crippen molar-refractivity contribution in [3.8, 4) is 5.75 Å². The number of ether oxygens (including phenoxy) is 1. The number of benzene rings is 1. The fourth-order valence-electron chi connectivity index (χ4n) is 3.46. The Morgan fingerprint density at radius 3 is 2.77 bits per heavy atom. The van der Waals surface area contributed by atoms with Crippen molar-refractivity contribution in [3.05, 3.63) is 40.8 Å². The number of hydrogen-bond acceptors (Lipinski definition) is 7. The summed E-state index contributed by atoms with van der Waals surface area (Å²) in [6.45, 7) is 2.48. The molecule has 35 heavy (non-hydrogen) atoms. The third-order valence-electron chi connectivity index (χ3n) is 4.96. The number of para-hydroxylation sites is 2. The van der Waals surface area contributed by atoms with Crippen molar-refractivity contribution in [3.63, 3.8) is 0 Å². The van der Waals surface area contributed by atoms with Crippen LogP contribution in [-0.4, -0.2) is 60.5 Å². The quantitative estimate of drug-likeness (QED) is 0.170. The van der Waals surface area contributed by atoms with Gasteiger partial charge in [-0.05, 0) is 31.5 Å². The average Bonchev–Trinajstić information content (AvgIpc) is 3.22. The lowest BCUT2D eigenvalue weighted by Crippen LogP contribution is -2.35. The van der Waals surface area contributed by atoms with Gasteiger partial charge in [0.05, 0.1) is 11.9 Å². The van der Waals surface area contributed by atoms with E-state index < -0.39 is 23.7 Å². The molecule has 12 nitrogen and oxygen atoms in total. The molecule has 1 aliphatic rings. The van der Waals surface area contributed by atoms with E-state index >= 15 is 0 Å². The minimum Gasteiger partial charge on any atom is -0.404 e. The molecule has 0 radical (unpaired) electrons. The zero-order valence-corrected chi connectivity index (χ0v) is 18.6. The monoisotopic (exact) mass is 497 g/mol. The Morgan fingerprint density at radius 1 is 1.29 bits per heavy atom. The molecule has 1 unspecified atom stereocenters. The standard InChI is InChI=1S/C20H26F3N9O3/c21-20(22,23)35-15-5-2-1-4-13(15)29-19(34)31-18-28-10-14(16(33)30-18)32-9-6-12(11-32)26-7-3-8-27-17(24)25/h1-2,4-5,10,12,26H,3,6-9,11H2,(H4,24,25,27)(H3,28,29,30,31,33,34). The van der Waals surface area contributed by atoms with Gasteiger partial charge in [-0.15, -0.1) is 13.2 Å². The first-order chi connectivity index (χ1) is 16.6. The predicted octanol–water partition coefficient (Wildman–Crippen LogP) is 1.14. The Hall–Kier alpha value is -4.01. The van der Waals surface area contributed by atoms with Crippen LogP contribution in [0.1, 0.15) is 12.8 Å². The summed E-state index contributed by atoms with van der Waals surface area (Å²) < 4.78 is 41.5. The van der Waals surface area contributed by atoms with Gasteiger partial charge in [0.15, 0.2) is 11.7 Å². The number of alkyl halides is 3. The van der Waals surface area contributed by atoms with Crippen molar-refractivity contribution in [2.45, 2.75) is 25.2 Å². The summed E-state index contributed by atoms with van der Waals surface area (Å²) in [6.07, 6.45) is -2.00. The third kappa shape index (κ3) is 8.06. The molecule has 1 atom stereocenters. The number of aromatic amines is 1. The largest absolute Gasteiger partial charge is 0.573 e. The molecule has 0 bridgehead atoms. The summed E-state index contributed by atoms with van der Waals surface area (Å²) in [5.41, 5.74) is 10.2. The molecule has 1 aromatic carbocycles. The zero-order chi connectivity index (χ0) is 25.4. The van der Waals surface area contributed by atoms with Gasteiger partial charge in [0, 0.05) is 25.7 Å². The fourth-order valence-corrected chi connectivity index (χ4v) is 3.46. The van der Waals surface area contributed by atoms with Crippen LogP contribution in [0.15, 0.2) is 40.2 Å². The van der Waals surface area contributed by atoms with Gasteiger partial charge >= 0.3 is 12.4 Å². The van der Waals surface area contributed by atoms with Crippen LogP contribution in [-0.2, 0) is 0 Å². The molecular formula is C20H26F3N9O3. The highest BCUT2D eigenvalue weighted by atomic mass is 19.4. The van der Waals surface area contributed by atoms with E-state index in [2.05, 4.69) is 35.6 Å². The van der Waals surface area contributed by atoms with Crippen molar-refractivity contribution in [2.75, 3.05) is 41.7 Å². The van der Waals surface area contributed by atoms with Crippen LogP contribution in [0.4, 0.5) is 35.3 Å². The maximum Gasteiger partial charge on any atom is 0.573 e. The summed E-state index contributed by atoms with van der Waals surface area (Å²) in [5, 5.41) is 7.90. The van der Waals surface area contributed by atoms with Crippen molar-refractivity contribution >= 4 is 29.3 Å². The first-order valence-corrected chi connectivity index (χ1v) is 10.7. The number of urea groups is 1. The van der Waals surface area contributed by atoms with Crippen LogP contribution in [0.2, 0.25) is 0 Å². The van der Waals surface area contributed by atoms with E-state index in [4.69, 9.17) is 11.5 Å². The topological polar surface area (TPSA) is 176 Å². The fraction of sp³-hybridized carbons (Fsp3) is 0.400. The van der Waals surface area contributed by atoms with Gasteiger partial charge < -0.3 is 31.7 Å². The van der Waals surface area contributed by atoms with E-state index in [1.807, 2.05) is 4.90 Å². The minimum absolute atomic E-state index is 0.0551. The number of amides is 2. The first kappa shape index (κ1) is 25.6. The van der Waals surface area contributed by atoms with Gasteiger partial charge in [0.25, 0.3) is 5.56 Å². The normalized spacial score (nSPS) is 15.5. The van der Waals surface area contributed by atoms with Crippen molar-refractivity contribution < 1.29 is 22.7 Å². The second kappa shape index (κ2) is 11.4. The minimum atomic E-state index is -4.92. The molecule has 2 amide bonds. The number of aromatic nitrogens is 2. The Morgan fingerprint density at radius 2 is 2.06 bits per heavy atom. The lowest BCUT2D eigenvalue weighted by molar-refractivity contribution is -0.274. The van der Waals surface area contributed by atoms with Crippen molar-refractivity contribution in [1.29, 1.82) is 0 Å². The van der Waals surface area contributed by atoms with Gasteiger partial charge in [-0.25, -0.2) is 9.78 Å². The second-order valence-electron chi connectivity index (χ2n) is 7.62. The van der Waals surface area contributed by atoms with Gasteiger partial charge in [0.2, 0.25) is 5.95 Å². The first-order valence-electron chi connectivity index (χ1n) is 10.7. The summed E-state index contributed by atoms with van der Waals surface area (Å²) >= 11 is 0. The maximum absolute atomic E-state index is 12.5. The Balaban J connectivity index is 1.53. The number of hydrogen-bond donors (Lipinski definition) is 6. The maximum atomic E-state index is 12.5. The number of rotatable bonds is 9. The average molecular weight is 497 g/mol. The molecule has 1 saturated heterocycles. The molecule has 1 aliphatic heterocycles. The number of carbonyl (C=O) groups is 1. The van der Waals surface area contributed by atoms with Crippen LogP contribution in [0, 0.1) is 0 Å². The summed E-state index contributed by atoms with van der Waals surface area (Å²) in [6, 6.07) is 4.31. The highest BCUT2D eigenvalue weighted by Gasteiger charge is 2.32. The van der Waals surface area contributed by atoms with E-state index in [0.717, 1.165) is 25.5 Å². The Bertz CT molecular complexity index is 1100. The second-order valence-corrected chi connectivity index (χ2v) is 7.62. The molecular weight excluding hydrogens is 471 g/mol. The van der Waals surface area contributed by atoms with Gasteiger partial charge in [-0.2, -0.15) is 0 Å². The van der Waals surface area contributed by atoms with Crippen LogP contribution < -0.4 is 42.6 Å². The summed E-state index contributed by atoms with van der Waals surface area (Å²) in [7, 11) is 0. The van der Waals surface area contributed by atoms with E-state index in [0.29, 0.717) is 25.3 Å². The third-order valence-corrected chi connectivity index (χ3v) is 4.96. The Kier molecular flexibility index (Phi) is 8.35. The molecule has 0 spiro atoms. The number of guanidine groups is 1. The molecule has 0 aliphatic carbocycles. The number of carbonyl (C=O) groups excluding carboxylic acids is 1. The molecule has 190 valence electrons. The number of halogens is 3. The van der Waals surface area contributed by atoms with E-state index in [1.165, 1.54) is 24.4 Å². The molecule has 1 fully saturated rings. The zero-order valence-electron chi connectivity index (χ0n) is 18.6. The SMILES string of the molecule is NC(N)=NCCCNC1CCN(c2cnc(NC(=O)Nc3ccccc3OC(F)(F)F)[nH]c2=O)C1. The number of anilines is 3. The van der Waals surface area contributed by atoms with Crippen molar-refractivity contribution in [1.82, 2.24) is 15.3 Å². The molecule has 3 rings (SSSR count). The van der Waals surface area contributed by atoms with Gasteiger partial charge in [-0.1, -0.05) is 12.1 Å². The molecule has 1 aromatic heterocycles. The number of aliphatic imine (C=N–C) groups is 1. The van der Waals surface area contributed by atoms with Crippen LogP contribution in [0.25, 0.3) is 0 Å². The lowest BCUT2D eigenvalue weighted by Gasteiger charge is -2.18. The van der Waals surface area contributed by atoms with Crippen LogP contribution in [0.3, 0.4) is 0 Å². The van der Waals surface area contributed by atoms with E-state index in [-0.39, 0.29) is 23.6 Å². The number of nitrogens with two attached hydrogens (primary N) is 2. The highest BCUT2D eigenvalue weighted by molar-refractivity contribution is 5.99. The molecule has 0 saturated carbocycles. The van der Waals surface area contributed by atoms with Crippen LogP contribution >= 0.6 is 0 Å². The predicted molar refractivity (Wildman–Crippen MR) is 125 cm³/mol. The highest BCUT2D eigenvalue weighted by Crippen LogP contribution is 2.29. The molecule has 2 aromatic rings. The van der Waals surface area contributed by atoms with Crippen molar-refractivity contribution in [2.24, 2.45) is 16.5 Å². The molecule has 8 N–H and O–H groups in total. The number of nitrogens with zero attached hydrogens (tertiary/aromatic N) is 3. The van der Waals surface area contributed by atoms with Gasteiger partial charge in [0.1, 0.15) is 5.69 Å². The molecule has 2 heterocycles. The van der Waals surface area contributed by atoms with Gasteiger partial charge in [-0.3, -0.25) is 20.1 Å². The van der Waals surface area contributed by atoms with E-state index in [9.17, 15) is 22.8 Å². The summed E-state index contributed by atoms with van der Waals surface area (Å²) in [4.78, 5) is 37.0. The number of nitrogens with one attached hydrogen (secondary N) is 4. The number of H-pyrrole nitrogens is 1. The van der Waals surface area contributed by atoms with Crippen LogP contribution in [0.5, 0.6) is 5.75 Å². The Labute approximate surface area is 197 Å². The smallest absolute Gasteiger partial charge is 0.404 e. The molecule has 15 heteroatoms.